The fourth-order valence-corrected chi connectivity index (χ4v) is 2.21. The number of pyridine rings is 1. The highest BCUT2D eigenvalue weighted by Gasteiger charge is 2.33. The fourth-order valence-electron chi connectivity index (χ4n) is 1.98. The second-order valence-corrected chi connectivity index (χ2v) is 6.52. The summed E-state index contributed by atoms with van der Waals surface area (Å²) in [6.07, 6.45) is 2.73. The van der Waals surface area contributed by atoms with Crippen molar-refractivity contribution < 1.29 is 14.3 Å². The largest absolute Gasteiger partial charge is 0.469 e. The van der Waals surface area contributed by atoms with Gasteiger partial charge in [0.05, 0.1) is 6.20 Å². The Morgan fingerprint density at radius 3 is 2.80 bits per heavy atom. The molecule has 0 aromatic carbocycles. The van der Waals surface area contributed by atoms with Gasteiger partial charge in [0.25, 0.3) is 0 Å². The van der Waals surface area contributed by atoms with E-state index in [0.29, 0.717) is 12.3 Å². The van der Waals surface area contributed by atoms with Crippen molar-refractivity contribution in [2.45, 2.75) is 45.4 Å². The Morgan fingerprint density at radius 2 is 2.20 bits per heavy atom. The molecule has 1 amide bonds. The molecule has 1 aromatic rings. The molecule has 110 valence electrons. The number of rotatable bonds is 2. The van der Waals surface area contributed by atoms with Gasteiger partial charge >= 0.3 is 6.09 Å². The van der Waals surface area contributed by atoms with E-state index in [1.54, 1.807) is 11.1 Å². The third kappa shape index (κ3) is 4.10. The molecule has 1 atom stereocenters. The first kappa shape index (κ1) is 15.1. The van der Waals surface area contributed by atoms with Gasteiger partial charge in [0, 0.05) is 13.0 Å². The second kappa shape index (κ2) is 5.99. The predicted octanol–water partition coefficient (Wildman–Crippen LogP) is 3.58. The number of carbonyl (C=O) groups is 1. The Kier molecular flexibility index (Phi) is 4.52. The molecular weight excluding hydrogens is 324 g/mol. The summed E-state index contributed by atoms with van der Waals surface area (Å²) in [5.41, 5.74) is -0.497. The molecule has 1 aromatic heterocycles. The molecule has 2 rings (SSSR count). The lowest BCUT2D eigenvalue weighted by Crippen LogP contribution is -2.42. The predicted molar refractivity (Wildman–Crippen MR) is 78.5 cm³/mol. The first-order valence-corrected chi connectivity index (χ1v) is 7.42. The lowest BCUT2D eigenvalue weighted by atomic mass is 10.2. The summed E-state index contributed by atoms with van der Waals surface area (Å²) in [7, 11) is 0. The molecule has 2 heterocycles. The van der Waals surface area contributed by atoms with Crippen LogP contribution in [0.2, 0.25) is 0 Å². The van der Waals surface area contributed by atoms with Crippen molar-refractivity contribution in [2.75, 3.05) is 6.54 Å². The highest BCUT2D eigenvalue weighted by molar-refractivity contribution is 9.10. The number of likely N-dealkylation sites (tertiary alicyclic amines) is 1. The first-order valence-electron chi connectivity index (χ1n) is 6.63. The molecule has 20 heavy (non-hydrogen) atoms. The van der Waals surface area contributed by atoms with Crippen molar-refractivity contribution in [3.8, 4) is 5.75 Å². The lowest BCUT2D eigenvalue weighted by Gasteiger charge is -2.28. The molecule has 6 heteroatoms. The van der Waals surface area contributed by atoms with Crippen LogP contribution in [0.25, 0.3) is 0 Å². The maximum absolute atomic E-state index is 12.1. The van der Waals surface area contributed by atoms with Crippen molar-refractivity contribution in [2.24, 2.45) is 0 Å². The Balaban J connectivity index is 2.00. The lowest BCUT2D eigenvalue weighted by molar-refractivity contribution is -0.00517. The van der Waals surface area contributed by atoms with Crippen LogP contribution in [0.1, 0.15) is 33.6 Å². The topological polar surface area (TPSA) is 51.7 Å². The zero-order valence-corrected chi connectivity index (χ0v) is 13.5. The second-order valence-electron chi connectivity index (χ2n) is 5.71. The van der Waals surface area contributed by atoms with E-state index in [2.05, 4.69) is 20.9 Å². The summed E-state index contributed by atoms with van der Waals surface area (Å²) < 4.78 is 12.0. The maximum atomic E-state index is 12.1. The van der Waals surface area contributed by atoms with E-state index in [4.69, 9.17) is 9.47 Å². The van der Waals surface area contributed by atoms with E-state index in [1.807, 2.05) is 32.9 Å². The normalized spacial score (nSPS) is 19.0. The van der Waals surface area contributed by atoms with Crippen molar-refractivity contribution >= 4 is 22.0 Å². The van der Waals surface area contributed by atoms with E-state index in [1.165, 1.54) is 0 Å². The van der Waals surface area contributed by atoms with Crippen LogP contribution >= 0.6 is 15.9 Å². The SMILES string of the molecule is CC(C)(C)OC(=O)N1CCCC1Oc1ccc(Br)nc1. The average Bonchev–Trinajstić information content (AvgIpc) is 2.78. The van der Waals surface area contributed by atoms with E-state index in [-0.39, 0.29) is 12.3 Å². The van der Waals surface area contributed by atoms with Crippen LogP contribution in [0.3, 0.4) is 0 Å². The summed E-state index contributed by atoms with van der Waals surface area (Å²) in [6.45, 7) is 6.23. The zero-order chi connectivity index (χ0) is 14.8. The fraction of sp³-hybridized carbons (Fsp3) is 0.571. The molecule has 1 saturated heterocycles. The number of hydrogen-bond donors (Lipinski definition) is 0. The monoisotopic (exact) mass is 342 g/mol. The number of carbonyl (C=O) groups excluding carboxylic acids is 1. The van der Waals surface area contributed by atoms with E-state index in [0.717, 1.165) is 17.4 Å². The van der Waals surface area contributed by atoms with Crippen molar-refractivity contribution in [3.05, 3.63) is 22.9 Å². The van der Waals surface area contributed by atoms with E-state index >= 15 is 0 Å². The van der Waals surface area contributed by atoms with Gasteiger partial charge in [0.1, 0.15) is 16.0 Å². The summed E-state index contributed by atoms with van der Waals surface area (Å²) in [5.74, 6) is 0.647. The van der Waals surface area contributed by atoms with Gasteiger partial charge in [0.15, 0.2) is 6.23 Å². The van der Waals surface area contributed by atoms with Gasteiger partial charge in [0.2, 0.25) is 0 Å². The van der Waals surface area contributed by atoms with Crippen LogP contribution in [-0.4, -0.2) is 34.4 Å². The Morgan fingerprint density at radius 1 is 1.45 bits per heavy atom. The Labute approximate surface area is 127 Å². The minimum absolute atomic E-state index is 0.284. The van der Waals surface area contributed by atoms with Gasteiger partial charge in [-0.25, -0.2) is 9.78 Å². The summed E-state index contributed by atoms with van der Waals surface area (Å²) >= 11 is 3.28. The zero-order valence-electron chi connectivity index (χ0n) is 11.9. The highest BCUT2D eigenvalue weighted by atomic mass is 79.9. The number of amides is 1. The van der Waals surface area contributed by atoms with Crippen LogP contribution in [0, 0.1) is 0 Å². The van der Waals surface area contributed by atoms with Crippen LogP contribution in [0.4, 0.5) is 4.79 Å². The molecule has 0 radical (unpaired) electrons. The van der Waals surface area contributed by atoms with Crippen molar-refractivity contribution in [1.82, 2.24) is 9.88 Å². The van der Waals surface area contributed by atoms with Gasteiger partial charge in [-0.3, -0.25) is 4.90 Å². The third-order valence-electron chi connectivity index (χ3n) is 2.80. The number of hydrogen-bond acceptors (Lipinski definition) is 4. The molecule has 0 saturated carbocycles. The number of nitrogens with zero attached hydrogens (tertiary/aromatic N) is 2. The molecule has 1 fully saturated rings. The van der Waals surface area contributed by atoms with Gasteiger partial charge in [-0.2, -0.15) is 0 Å². The molecule has 1 unspecified atom stereocenters. The van der Waals surface area contributed by atoms with Crippen LogP contribution in [0.5, 0.6) is 5.75 Å². The van der Waals surface area contributed by atoms with Crippen LogP contribution in [0.15, 0.2) is 22.9 Å². The van der Waals surface area contributed by atoms with Crippen LogP contribution in [-0.2, 0) is 4.74 Å². The number of halogens is 1. The standard InChI is InChI=1S/C14H19BrN2O3/c1-14(2,3)20-13(18)17-8-4-5-12(17)19-10-6-7-11(15)16-9-10/h6-7,9,12H,4-5,8H2,1-3H3. The van der Waals surface area contributed by atoms with Gasteiger partial charge < -0.3 is 9.47 Å². The van der Waals surface area contributed by atoms with Gasteiger partial charge in [-0.05, 0) is 55.3 Å². The van der Waals surface area contributed by atoms with E-state index in [9.17, 15) is 4.79 Å². The highest BCUT2D eigenvalue weighted by Crippen LogP contribution is 2.24. The average molecular weight is 343 g/mol. The summed E-state index contributed by atoms with van der Waals surface area (Å²) in [6, 6.07) is 3.63. The summed E-state index contributed by atoms with van der Waals surface area (Å²) in [4.78, 5) is 17.9. The summed E-state index contributed by atoms with van der Waals surface area (Å²) in [5, 5.41) is 0. The molecule has 1 aliphatic rings. The quantitative estimate of drug-likeness (QED) is 0.770. The van der Waals surface area contributed by atoms with Gasteiger partial charge in [-0.1, -0.05) is 0 Å². The Bertz CT molecular complexity index is 470. The molecule has 1 aliphatic heterocycles. The van der Waals surface area contributed by atoms with Crippen molar-refractivity contribution in [3.63, 3.8) is 0 Å². The van der Waals surface area contributed by atoms with Gasteiger partial charge in [-0.15, -0.1) is 0 Å². The molecular formula is C14H19BrN2O3. The molecule has 0 bridgehead atoms. The van der Waals surface area contributed by atoms with Crippen molar-refractivity contribution in [1.29, 1.82) is 0 Å². The number of aromatic nitrogens is 1. The molecule has 0 spiro atoms. The minimum Gasteiger partial charge on any atom is -0.469 e. The van der Waals surface area contributed by atoms with E-state index < -0.39 is 5.60 Å². The smallest absolute Gasteiger partial charge is 0.413 e. The third-order valence-corrected chi connectivity index (χ3v) is 3.27. The Hall–Kier alpha value is -1.30. The first-order chi connectivity index (χ1) is 9.35. The van der Waals surface area contributed by atoms with Crippen LogP contribution < -0.4 is 4.74 Å². The maximum Gasteiger partial charge on any atom is 0.413 e. The molecule has 0 N–H and O–H groups in total. The number of ether oxygens (including phenoxy) is 2. The minimum atomic E-state index is -0.497. The molecule has 0 aliphatic carbocycles. The molecule has 5 nitrogen and oxygen atoms in total.